The smallest absolute Gasteiger partial charge is 0.253 e. The van der Waals surface area contributed by atoms with Crippen LogP contribution in [-0.4, -0.2) is 31.2 Å². The Morgan fingerprint density at radius 1 is 1.15 bits per heavy atom. The first kappa shape index (κ1) is 18.9. The van der Waals surface area contributed by atoms with Gasteiger partial charge in [-0.25, -0.2) is 0 Å². The lowest BCUT2D eigenvalue weighted by molar-refractivity contribution is 0.0952. The minimum Gasteiger partial charge on any atom is -0.491 e. The van der Waals surface area contributed by atoms with Crippen LogP contribution in [0.15, 0.2) is 51.5 Å². The number of carbonyl (C=O) groups is 1. The van der Waals surface area contributed by atoms with Crippen molar-refractivity contribution in [3.8, 4) is 5.75 Å². The molecule has 0 saturated heterocycles. The summed E-state index contributed by atoms with van der Waals surface area (Å²) < 4.78 is 12.4. The van der Waals surface area contributed by atoms with E-state index in [1.807, 2.05) is 36.4 Å². The van der Waals surface area contributed by atoms with E-state index in [2.05, 4.69) is 42.2 Å². The first-order valence-corrected chi connectivity index (χ1v) is 9.62. The summed E-state index contributed by atoms with van der Waals surface area (Å²) in [7, 11) is 1.64. The minimum atomic E-state index is -0.129. The molecule has 0 unspecified atom stereocenters. The average molecular weight is 482 g/mol. The number of H-pyrrole nitrogens is 1. The van der Waals surface area contributed by atoms with Gasteiger partial charge in [-0.1, -0.05) is 12.1 Å². The summed E-state index contributed by atoms with van der Waals surface area (Å²) in [4.78, 5) is 15.7. The van der Waals surface area contributed by atoms with Crippen molar-refractivity contribution in [2.24, 2.45) is 0 Å². The number of fused-ring (bicyclic) bond motifs is 1. The van der Waals surface area contributed by atoms with Crippen LogP contribution in [0.4, 0.5) is 0 Å². The molecule has 3 aromatic rings. The Labute approximate surface area is 168 Å². The largest absolute Gasteiger partial charge is 0.491 e. The molecule has 0 fully saturated rings. The zero-order chi connectivity index (χ0) is 18.5. The molecular formula is C19H18Br2N2O3. The molecule has 1 heterocycles. The third kappa shape index (κ3) is 4.47. The number of hydrogen-bond donors (Lipinski definition) is 2. The minimum absolute atomic E-state index is 0.129. The fourth-order valence-corrected chi connectivity index (χ4v) is 3.26. The highest BCUT2D eigenvalue weighted by Gasteiger charge is 2.13. The van der Waals surface area contributed by atoms with Gasteiger partial charge in [0.2, 0.25) is 0 Å². The van der Waals surface area contributed by atoms with Crippen LogP contribution in [0.25, 0.3) is 10.9 Å². The molecule has 3 rings (SSSR count). The molecule has 0 saturated carbocycles. The van der Waals surface area contributed by atoms with Crippen molar-refractivity contribution in [1.29, 1.82) is 0 Å². The second-order valence-corrected chi connectivity index (χ2v) is 7.39. The van der Waals surface area contributed by atoms with Crippen molar-refractivity contribution < 1.29 is 14.3 Å². The van der Waals surface area contributed by atoms with Crippen LogP contribution in [0.5, 0.6) is 5.75 Å². The highest BCUT2D eigenvalue weighted by molar-refractivity contribution is 9.13. The third-order valence-corrected chi connectivity index (χ3v) is 5.72. The summed E-state index contributed by atoms with van der Waals surface area (Å²) >= 11 is 6.94. The number of halogens is 2. The quantitative estimate of drug-likeness (QED) is 0.483. The van der Waals surface area contributed by atoms with Gasteiger partial charge in [-0.2, -0.15) is 0 Å². The Kier molecular flexibility index (Phi) is 6.34. The number of methoxy groups -OCH3 is 1. The van der Waals surface area contributed by atoms with Crippen LogP contribution in [0.3, 0.4) is 0 Å². The van der Waals surface area contributed by atoms with Crippen LogP contribution in [0, 0.1) is 0 Å². The molecule has 5 nitrogen and oxygen atoms in total. The lowest BCUT2D eigenvalue weighted by atomic mass is 10.1. The van der Waals surface area contributed by atoms with Gasteiger partial charge in [0.1, 0.15) is 12.4 Å². The van der Waals surface area contributed by atoms with Crippen molar-refractivity contribution in [3.63, 3.8) is 0 Å². The topological polar surface area (TPSA) is 63.4 Å². The normalized spacial score (nSPS) is 10.9. The molecule has 0 aliphatic carbocycles. The maximum Gasteiger partial charge on any atom is 0.253 e. The highest BCUT2D eigenvalue weighted by Crippen LogP contribution is 2.30. The lowest BCUT2D eigenvalue weighted by Crippen LogP contribution is -2.22. The predicted molar refractivity (Wildman–Crippen MR) is 109 cm³/mol. The van der Waals surface area contributed by atoms with E-state index in [0.29, 0.717) is 25.3 Å². The number of nitrogens with one attached hydrogen (secondary N) is 2. The number of ether oxygens (including phenoxy) is 2. The molecular weight excluding hydrogens is 464 g/mol. The molecule has 0 atom stereocenters. The number of amides is 1. The van der Waals surface area contributed by atoms with Gasteiger partial charge < -0.3 is 19.8 Å². The van der Waals surface area contributed by atoms with Crippen molar-refractivity contribution >= 4 is 48.7 Å². The number of aromatic amines is 1. The second kappa shape index (κ2) is 8.70. The molecule has 2 N–H and O–H groups in total. The molecule has 7 heteroatoms. The van der Waals surface area contributed by atoms with E-state index in [1.165, 1.54) is 0 Å². The lowest BCUT2D eigenvalue weighted by Gasteiger charge is -2.09. The molecule has 1 aromatic heterocycles. The molecule has 0 aliphatic heterocycles. The van der Waals surface area contributed by atoms with Crippen LogP contribution < -0.4 is 10.1 Å². The van der Waals surface area contributed by atoms with Crippen molar-refractivity contribution in [1.82, 2.24) is 10.3 Å². The summed E-state index contributed by atoms with van der Waals surface area (Å²) in [5.74, 6) is 0.630. The van der Waals surface area contributed by atoms with Gasteiger partial charge in [0, 0.05) is 39.7 Å². The summed E-state index contributed by atoms with van der Waals surface area (Å²) in [6, 6.07) is 11.5. The zero-order valence-corrected chi connectivity index (χ0v) is 17.3. The molecule has 26 heavy (non-hydrogen) atoms. The number of rotatable bonds is 7. The van der Waals surface area contributed by atoms with E-state index in [1.54, 1.807) is 13.3 Å². The standard InChI is InChI=1S/C19H18Br2N2O3/c1-25-5-6-26-13-4-2-3-12(7-13)10-23-19(24)15-11-22-18-9-17(21)16(20)8-14(15)18/h2-4,7-9,11,22H,5-6,10H2,1H3,(H,23,24). The number of carbonyl (C=O) groups excluding carboxylic acids is 1. The molecule has 0 radical (unpaired) electrons. The SMILES string of the molecule is COCCOc1cccc(CNC(=O)c2c[nH]c3cc(Br)c(Br)cc23)c1. The predicted octanol–water partition coefficient (Wildman–Crippen LogP) is 4.65. The van der Waals surface area contributed by atoms with Gasteiger partial charge in [0.25, 0.3) is 5.91 Å². The van der Waals surface area contributed by atoms with Crippen LogP contribution in [-0.2, 0) is 11.3 Å². The summed E-state index contributed by atoms with van der Waals surface area (Å²) in [6.07, 6.45) is 1.73. The van der Waals surface area contributed by atoms with Gasteiger partial charge in [0.05, 0.1) is 12.2 Å². The number of hydrogen-bond acceptors (Lipinski definition) is 3. The first-order chi connectivity index (χ1) is 12.6. The van der Waals surface area contributed by atoms with Crippen molar-refractivity contribution in [2.45, 2.75) is 6.54 Å². The Hall–Kier alpha value is -1.83. The third-order valence-electron chi connectivity index (χ3n) is 3.87. The maximum absolute atomic E-state index is 12.6. The number of aromatic nitrogens is 1. The van der Waals surface area contributed by atoms with Gasteiger partial charge >= 0.3 is 0 Å². The van der Waals surface area contributed by atoms with Gasteiger partial charge in [-0.15, -0.1) is 0 Å². The summed E-state index contributed by atoms with van der Waals surface area (Å²) in [6.45, 7) is 1.45. The van der Waals surface area contributed by atoms with Gasteiger partial charge in [0.15, 0.2) is 0 Å². The Morgan fingerprint density at radius 3 is 2.77 bits per heavy atom. The monoisotopic (exact) mass is 480 g/mol. The molecule has 0 bridgehead atoms. The van der Waals surface area contributed by atoms with E-state index in [0.717, 1.165) is 31.2 Å². The Bertz CT molecular complexity index is 924. The fraction of sp³-hybridized carbons (Fsp3) is 0.211. The Morgan fingerprint density at radius 2 is 1.96 bits per heavy atom. The maximum atomic E-state index is 12.6. The van der Waals surface area contributed by atoms with E-state index >= 15 is 0 Å². The van der Waals surface area contributed by atoms with Crippen LogP contribution in [0.2, 0.25) is 0 Å². The van der Waals surface area contributed by atoms with E-state index in [-0.39, 0.29) is 5.91 Å². The van der Waals surface area contributed by atoms with Crippen molar-refractivity contribution in [2.75, 3.05) is 20.3 Å². The average Bonchev–Trinajstić information content (AvgIpc) is 3.03. The molecule has 2 aromatic carbocycles. The second-order valence-electron chi connectivity index (χ2n) is 5.69. The molecule has 0 aliphatic rings. The van der Waals surface area contributed by atoms with E-state index < -0.39 is 0 Å². The molecule has 0 spiro atoms. The summed E-state index contributed by atoms with van der Waals surface area (Å²) in [5, 5.41) is 3.83. The zero-order valence-electron chi connectivity index (χ0n) is 14.1. The first-order valence-electron chi connectivity index (χ1n) is 8.03. The van der Waals surface area contributed by atoms with Gasteiger partial charge in [-0.3, -0.25) is 4.79 Å². The fourth-order valence-electron chi connectivity index (χ4n) is 2.57. The van der Waals surface area contributed by atoms with Crippen LogP contribution >= 0.6 is 31.9 Å². The van der Waals surface area contributed by atoms with Crippen molar-refractivity contribution in [3.05, 3.63) is 62.7 Å². The highest BCUT2D eigenvalue weighted by atomic mass is 79.9. The molecule has 1 amide bonds. The van der Waals surface area contributed by atoms with Gasteiger partial charge in [-0.05, 0) is 61.7 Å². The Balaban J connectivity index is 1.68. The molecule has 136 valence electrons. The summed E-state index contributed by atoms with van der Waals surface area (Å²) in [5.41, 5.74) is 2.48. The van der Waals surface area contributed by atoms with E-state index in [9.17, 15) is 4.79 Å². The van der Waals surface area contributed by atoms with Crippen LogP contribution in [0.1, 0.15) is 15.9 Å². The van der Waals surface area contributed by atoms with E-state index in [4.69, 9.17) is 9.47 Å². The number of benzene rings is 2.